The van der Waals surface area contributed by atoms with E-state index < -0.39 is 0 Å². The molecule has 0 atom stereocenters. The van der Waals surface area contributed by atoms with Crippen LogP contribution in [0, 0.1) is 13.8 Å². The zero-order valence-electron chi connectivity index (χ0n) is 13.4. The Labute approximate surface area is 135 Å². The molecule has 3 amide bonds. The molecular formula is C18H20N2O3. The van der Waals surface area contributed by atoms with Crippen LogP contribution in [0.5, 0.6) is 0 Å². The first-order valence-electron chi connectivity index (χ1n) is 7.93. The van der Waals surface area contributed by atoms with Crippen LogP contribution in [0.25, 0.3) is 0 Å². The molecule has 0 saturated heterocycles. The van der Waals surface area contributed by atoms with Gasteiger partial charge < -0.3 is 5.32 Å². The molecule has 23 heavy (non-hydrogen) atoms. The van der Waals surface area contributed by atoms with E-state index in [0.717, 1.165) is 34.6 Å². The Hall–Kier alpha value is -2.43. The Morgan fingerprint density at radius 3 is 2.09 bits per heavy atom. The van der Waals surface area contributed by atoms with Crippen LogP contribution in [0.2, 0.25) is 0 Å². The van der Waals surface area contributed by atoms with Gasteiger partial charge >= 0.3 is 0 Å². The number of carbonyl (C=O) groups is 3. The summed E-state index contributed by atoms with van der Waals surface area (Å²) in [7, 11) is 0. The number of hydrogen-bond donors (Lipinski definition) is 1. The molecule has 0 bridgehead atoms. The highest BCUT2D eigenvalue weighted by Gasteiger charge is 2.39. The fourth-order valence-electron chi connectivity index (χ4n) is 3.27. The first-order chi connectivity index (χ1) is 11.0. The molecule has 0 radical (unpaired) electrons. The van der Waals surface area contributed by atoms with E-state index in [4.69, 9.17) is 0 Å². The number of amides is 3. The van der Waals surface area contributed by atoms with Crippen LogP contribution in [0.1, 0.15) is 36.8 Å². The number of anilines is 1. The van der Waals surface area contributed by atoms with E-state index in [9.17, 15) is 14.4 Å². The van der Waals surface area contributed by atoms with Gasteiger partial charge in [-0.2, -0.15) is 0 Å². The van der Waals surface area contributed by atoms with E-state index in [1.54, 1.807) is 0 Å². The molecule has 0 saturated carbocycles. The minimum absolute atomic E-state index is 0.224. The molecule has 1 aliphatic carbocycles. The van der Waals surface area contributed by atoms with Gasteiger partial charge in [-0.05, 0) is 50.7 Å². The van der Waals surface area contributed by atoms with E-state index >= 15 is 0 Å². The summed E-state index contributed by atoms with van der Waals surface area (Å²) in [5.41, 5.74) is 3.88. The molecule has 5 nitrogen and oxygen atoms in total. The maximum absolute atomic E-state index is 12.3. The Bertz CT molecular complexity index is 686. The zero-order valence-corrected chi connectivity index (χ0v) is 13.4. The summed E-state index contributed by atoms with van der Waals surface area (Å²) in [6, 6.07) is 5.75. The second-order valence-electron chi connectivity index (χ2n) is 6.18. The van der Waals surface area contributed by atoms with Gasteiger partial charge in [0, 0.05) is 16.8 Å². The fourth-order valence-corrected chi connectivity index (χ4v) is 3.27. The Balaban J connectivity index is 1.72. The summed E-state index contributed by atoms with van der Waals surface area (Å²) >= 11 is 0. The fraction of sp³-hybridized carbons (Fsp3) is 0.389. The van der Waals surface area contributed by atoms with E-state index in [0.29, 0.717) is 24.0 Å². The van der Waals surface area contributed by atoms with Crippen molar-refractivity contribution >= 4 is 23.4 Å². The molecule has 5 heteroatoms. The van der Waals surface area contributed by atoms with Crippen molar-refractivity contribution in [3.05, 3.63) is 40.5 Å². The molecule has 1 aromatic carbocycles. The van der Waals surface area contributed by atoms with Gasteiger partial charge in [0.2, 0.25) is 5.91 Å². The van der Waals surface area contributed by atoms with Gasteiger partial charge in [-0.25, -0.2) is 0 Å². The van der Waals surface area contributed by atoms with Gasteiger partial charge in [0.15, 0.2) is 0 Å². The largest absolute Gasteiger partial charge is 0.324 e. The molecule has 3 rings (SSSR count). The summed E-state index contributed by atoms with van der Waals surface area (Å²) < 4.78 is 0. The quantitative estimate of drug-likeness (QED) is 0.872. The molecule has 2 aliphatic rings. The van der Waals surface area contributed by atoms with Crippen molar-refractivity contribution in [1.82, 2.24) is 4.90 Å². The van der Waals surface area contributed by atoms with Crippen molar-refractivity contribution in [3.63, 3.8) is 0 Å². The molecule has 1 aliphatic heterocycles. The number of benzene rings is 1. The average Bonchev–Trinajstić information content (AvgIpc) is 2.77. The first-order valence-corrected chi connectivity index (χ1v) is 7.93. The molecule has 1 heterocycles. The lowest BCUT2D eigenvalue weighted by atomic mass is 9.93. The number of nitrogens with one attached hydrogen (secondary N) is 1. The summed E-state index contributed by atoms with van der Waals surface area (Å²) in [6.45, 7) is 3.60. The minimum atomic E-state index is -0.344. The predicted molar refractivity (Wildman–Crippen MR) is 86.8 cm³/mol. The molecule has 120 valence electrons. The molecule has 1 aromatic rings. The van der Waals surface area contributed by atoms with E-state index in [-0.39, 0.29) is 24.3 Å². The second kappa shape index (κ2) is 5.99. The lowest BCUT2D eigenvalue weighted by Gasteiger charge is -2.16. The summed E-state index contributed by atoms with van der Waals surface area (Å²) in [5, 5.41) is 2.82. The van der Waals surface area contributed by atoms with E-state index in [2.05, 4.69) is 5.32 Å². The van der Waals surface area contributed by atoms with Gasteiger partial charge in [0.1, 0.15) is 6.54 Å². The number of hydrogen-bond acceptors (Lipinski definition) is 3. The third-order valence-electron chi connectivity index (χ3n) is 4.52. The Morgan fingerprint density at radius 1 is 1.04 bits per heavy atom. The third-order valence-corrected chi connectivity index (χ3v) is 4.52. The summed E-state index contributed by atoms with van der Waals surface area (Å²) in [6.07, 6.45) is 3.16. The minimum Gasteiger partial charge on any atom is -0.324 e. The zero-order chi connectivity index (χ0) is 16.6. The Morgan fingerprint density at radius 2 is 1.57 bits per heavy atom. The van der Waals surface area contributed by atoms with Gasteiger partial charge in [-0.1, -0.05) is 18.2 Å². The highest BCUT2D eigenvalue weighted by molar-refractivity contribution is 6.21. The SMILES string of the molecule is Cc1cccc(C)c1NC(=O)CN1C(=O)C2=C(CCCC2)C1=O. The number of nitrogens with zero attached hydrogens (tertiary/aromatic N) is 1. The number of imide groups is 1. The van der Waals surface area contributed by atoms with Crippen molar-refractivity contribution in [2.45, 2.75) is 39.5 Å². The van der Waals surface area contributed by atoms with Crippen molar-refractivity contribution in [3.8, 4) is 0 Å². The van der Waals surface area contributed by atoms with Crippen LogP contribution in [-0.4, -0.2) is 29.2 Å². The highest BCUT2D eigenvalue weighted by atomic mass is 16.2. The molecule has 0 unspecified atom stereocenters. The lowest BCUT2D eigenvalue weighted by Crippen LogP contribution is -2.38. The van der Waals surface area contributed by atoms with E-state index in [1.165, 1.54) is 0 Å². The average molecular weight is 312 g/mol. The summed E-state index contributed by atoms with van der Waals surface area (Å²) in [5.74, 6) is -0.924. The van der Waals surface area contributed by atoms with Crippen LogP contribution in [0.4, 0.5) is 5.69 Å². The molecule has 1 N–H and O–H groups in total. The maximum Gasteiger partial charge on any atom is 0.257 e. The second-order valence-corrected chi connectivity index (χ2v) is 6.18. The van der Waals surface area contributed by atoms with Crippen LogP contribution in [-0.2, 0) is 14.4 Å². The monoisotopic (exact) mass is 312 g/mol. The van der Waals surface area contributed by atoms with Gasteiger partial charge in [-0.15, -0.1) is 0 Å². The summed E-state index contributed by atoms with van der Waals surface area (Å²) in [4.78, 5) is 38.1. The van der Waals surface area contributed by atoms with Crippen molar-refractivity contribution in [2.75, 3.05) is 11.9 Å². The van der Waals surface area contributed by atoms with Crippen molar-refractivity contribution in [2.24, 2.45) is 0 Å². The smallest absolute Gasteiger partial charge is 0.257 e. The standard InChI is InChI=1S/C18H20N2O3/c1-11-6-5-7-12(2)16(11)19-15(21)10-20-17(22)13-8-3-4-9-14(13)18(20)23/h5-7H,3-4,8-10H2,1-2H3,(H,19,21). The van der Waals surface area contributed by atoms with E-state index in [1.807, 2.05) is 32.0 Å². The number of rotatable bonds is 3. The molecule has 0 fully saturated rings. The van der Waals surface area contributed by atoms with Crippen LogP contribution in [0.15, 0.2) is 29.3 Å². The van der Waals surface area contributed by atoms with Crippen LogP contribution in [0.3, 0.4) is 0 Å². The van der Waals surface area contributed by atoms with Gasteiger partial charge in [-0.3, -0.25) is 19.3 Å². The molecular weight excluding hydrogens is 292 g/mol. The lowest BCUT2D eigenvalue weighted by molar-refractivity contribution is -0.140. The predicted octanol–water partition coefficient (Wildman–Crippen LogP) is 2.48. The van der Waals surface area contributed by atoms with Crippen LogP contribution >= 0.6 is 0 Å². The highest BCUT2D eigenvalue weighted by Crippen LogP contribution is 2.32. The number of para-hydroxylation sites is 1. The molecule has 0 spiro atoms. The topological polar surface area (TPSA) is 66.5 Å². The van der Waals surface area contributed by atoms with Gasteiger partial charge in [0.25, 0.3) is 11.8 Å². The number of aryl methyl sites for hydroxylation is 2. The van der Waals surface area contributed by atoms with Crippen LogP contribution < -0.4 is 5.32 Å². The number of carbonyl (C=O) groups excluding carboxylic acids is 3. The third kappa shape index (κ3) is 2.79. The maximum atomic E-state index is 12.3. The Kier molecular flexibility index (Phi) is 4.03. The molecule has 0 aromatic heterocycles. The van der Waals surface area contributed by atoms with Gasteiger partial charge in [0.05, 0.1) is 0 Å². The van der Waals surface area contributed by atoms with Crippen molar-refractivity contribution < 1.29 is 14.4 Å². The first kappa shape index (κ1) is 15.5. The normalized spacial score (nSPS) is 17.6. The van der Waals surface area contributed by atoms with Crippen molar-refractivity contribution in [1.29, 1.82) is 0 Å².